The van der Waals surface area contributed by atoms with Crippen LogP contribution < -0.4 is 15.8 Å². The number of aromatic nitrogens is 3. The predicted molar refractivity (Wildman–Crippen MR) is 142 cm³/mol. The van der Waals surface area contributed by atoms with Crippen LogP contribution in [-0.4, -0.2) is 52.3 Å². The Kier molecular flexibility index (Phi) is 8.45. The normalized spacial score (nSPS) is 12.6. The summed E-state index contributed by atoms with van der Waals surface area (Å²) in [7, 11) is 1.50. The number of amides is 1. The lowest BCUT2D eigenvalue weighted by Crippen LogP contribution is -2.35. The van der Waals surface area contributed by atoms with Crippen LogP contribution in [0.5, 0.6) is 5.75 Å². The molecule has 0 N–H and O–H groups in total. The van der Waals surface area contributed by atoms with Crippen LogP contribution in [0.1, 0.15) is 24.2 Å². The number of fused-ring (bicyclic) bond motifs is 2. The highest BCUT2D eigenvalue weighted by Gasteiger charge is 2.22. The Morgan fingerprint density at radius 2 is 1.95 bits per heavy atom. The van der Waals surface area contributed by atoms with E-state index in [4.69, 9.17) is 37.4 Å². The van der Waals surface area contributed by atoms with Crippen molar-refractivity contribution in [1.82, 2.24) is 14.0 Å². The smallest absolute Gasteiger partial charge is 0.341 e. The average molecular weight is 559 g/mol. The zero-order chi connectivity index (χ0) is 27.4. The molecule has 0 bridgehead atoms. The van der Waals surface area contributed by atoms with Crippen LogP contribution in [0.3, 0.4) is 0 Å². The van der Waals surface area contributed by atoms with E-state index in [0.717, 1.165) is 0 Å². The van der Waals surface area contributed by atoms with Gasteiger partial charge in [0.2, 0.25) is 0 Å². The maximum Gasteiger partial charge on any atom is 0.341 e. The first-order valence-corrected chi connectivity index (χ1v) is 12.4. The van der Waals surface area contributed by atoms with Crippen LogP contribution >= 0.6 is 23.2 Å². The van der Waals surface area contributed by atoms with Crippen LogP contribution in [0.15, 0.2) is 58.4 Å². The quantitative estimate of drug-likeness (QED) is 0.239. The van der Waals surface area contributed by atoms with Crippen molar-refractivity contribution in [2.45, 2.75) is 26.5 Å². The number of rotatable bonds is 8. The number of carbonyl (C=O) groups excluding carboxylic acids is 2. The zero-order valence-electron chi connectivity index (χ0n) is 20.8. The number of benzene rings is 1. The van der Waals surface area contributed by atoms with Gasteiger partial charge in [-0.25, -0.2) is 9.78 Å². The van der Waals surface area contributed by atoms with E-state index in [9.17, 15) is 14.4 Å². The summed E-state index contributed by atoms with van der Waals surface area (Å²) >= 11 is 12.1. The van der Waals surface area contributed by atoms with Crippen molar-refractivity contribution in [2.75, 3.05) is 20.3 Å². The summed E-state index contributed by atoms with van der Waals surface area (Å²) in [5, 5.41) is 0.787. The number of esters is 1. The number of pyridine rings is 2. The topological polar surface area (TPSA) is 113 Å². The largest absolute Gasteiger partial charge is 0.479 e. The van der Waals surface area contributed by atoms with Crippen LogP contribution in [0.2, 0.25) is 10.0 Å². The SMILES string of the molecule is CCOC(=O)c1cc2c(=O)n3ccccc3nc2n(CCOC)c1=NC(=O)[C@H](C)Oc1ccc(Cl)cc1Cl. The summed E-state index contributed by atoms with van der Waals surface area (Å²) < 4.78 is 19.0. The van der Waals surface area contributed by atoms with Gasteiger partial charge in [0.1, 0.15) is 22.6 Å². The third kappa shape index (κ3) is 5.57. The standard InChI is InChI=1S/C26H24Cl2N4O6/c1-4-37-26(35)18-14-17-22(29-21-7-5-6-10-31(21)25(17)34)32(11-12-36-3)23(18)30-24(33)15(2)38-20-9-8-16(27)13-19(20)28/h5-10,13-15H,4,11-12H2,1-3H3/t15-/m0/s1. The first kappa shape index (κ1) is 27.3. The molecule has 12 heteroatoms. The van der Waals surface area contributed by atoms with Gasteiger partial charge < -0.3 is 18.8 Å². The average Bonchev–Trinajstić information content (AvgIpc) is 2.89. The van der Waals surface area contributed by atoms with Gasteiger partial charge in [-0.3, -0.25) is 14.0 Å². The molecule has 1 aromatic carbocycles. The van der Waals surface area contributed by atoms with E-state index >= 15 is 0 Å². The predicted octanol–water partition coefficient (Wildman–Crippen LogP) is 3.67. The van der Waals surface area contributed by atoms with E-state index in [1.165, 1.54) is 41.2 Å². The lowest BCUT2D eigenvalue weighted by Gasteiger charge is -2.16. The molecule has 0 aliphatic heterocycles. The fraction of sp³-hybridized carbons (Fsp3) is 0.269. The molecule has 3 heterocycles. The lowest BCUT2D eigenvalue weighted by molar-refractivity contribution is -0.124. The minimum atomic E-state index is -1.08. The second-order valence-corrected chi connectivity index (χ2v) is 8.96. The Bertz CT molecular complexity index is 1660. The summed E-state index contributed by atoms with van der Waals surface area (Å²) in [6.45, 7) is 3.55. The summed E-state index contributed by atoms with van der Waals surface area (Å²) in [6, 6.07) is 11.1. The molecule has 4 aromatic rings. The van der Waals surface area contributed by atoms with Gasteiger partial charge in [0, 0.05) is 24.9 Å². The van der Waals surface area contributed by atoms with Crippen molar-refractivity contribution in [1.29, 1.82) is 0 Å². The summed E-state index contributed by atoms with van der Waals surface area (Å²) in [6.07, 6.45) is 0.501. The molecule has 0 radical (unpaired) electrons. The fourth-order valence-corrected chi connectivity index (χ4v) is 4.21. The molecule has 10 nitrogen and oxygen atoms in total. The summed E-state index contributed by atoms with van der Waals surface area (Å²) in [5.41, 5.74) is 0.103. The van der Waals surface area contributed by atoms with Crippen LogP contribution in [0.25, 0.3) is 16.7 Å². The number of hydrogen-bond acceptors (Lipinski definition) is 7. The first-order valence-electron chi connectivity index (χ1n) is 11.7. The van der Waals surface area contributed by atoms with Gasteiger partial charge in [-0.05, 0) is 50.2 Å². The molecular formula is C26H24Cl2N4O6. The highest BCUT2D eigenvalue weighted by atomic mass is 35.5. The maximum absolute atomic E-state index is 13.3. The van der Waals surface area contributed by atoms with Gasteiger partial charge in [-0.2, -0.15) is 4.99 Å². The van der Waals surface area contributed by atoms with Gasteiger partial charge in [-0.1, -0.05) is 29.3 Å². The minimum absolute atomic E-state index is 0.0390. The molecule has 38 heavy (non-hydrogen) atoms. The molecule has 1 amide bonds. The Hall–Kier alpha value is -3.73. The third-order valence-corrected chi connectivity index (χ3v) is 6.10. The van der Waals surface area contributed by atoms with E-state index in [1.54, 1.807) is 37.4 Å². The third-order valence-electron chi connectivity index (χ3n) is 5.57. The number of carbonyl (C=O) groups is 2. The van der Waals surface area contributed by atoms with Gasteiger partial charge in [-0.15, -0.1) is 0 Å². The van der Waals surface area contributed by atoms with Crippen molar-refractivity contribution < 1.29 is 23.8 Å². The van der Waals surface area contributed by atoms with Crippen molar-refractivity contribution in [3.63, 3.8) is 0 Å². The molecule has 0 spiro atoms. The molecule has 0 fully saturated rings. The molecule has 198 valence electrons. The highest BCUT2D eigenvalue weighted by molar-refractivity contribution is 6.35. The summed E-state index contributed by atoms with van der Waals surface area (Å²) in [5.74, 6) is -1.21. The van der Waals surface area contributed by atoms with E-state index in [2.05, 4.69) is 9.98 Å². The Labute approximate surface area is 227 Å². The molecule has 0 aliphatic rings. The Morgan fingerprint density at radius 1 is 1.16 bits per heavy atom. The lowest BCUT2D eigenvalue weighted by atomic mass is 10.2. The van der Waals surface area contributed by atoms with Gasteiger partial charge >= 0.3 is 5.97 Å². The fourth-order valence-electron chi connectivity index (χ4n) is 3.76. The molecule has 3 aromatic heterocycles. The van der Waals surface area contributed by atoms with Crippen LogP contribution in [-0.2, 0) is 20.8 Å². The van der Waals surface area contributed by atoms with Crippen molar-refractivity contribution in [3.8, 4) is 5.75 Å². The minimum Gasteiger partial charge on any atom is -0.479 e. The molecule has 0 saturated heterocycles. The van der Waals surface area contributed by atoms with E-state index in [0.29, 0.717) is 10.7 Å². The zero-order valence-corrected chi connectivity index (χ0v) is 22.3. The second kappa shape index (κ2) is 11.8. The van der Waals surface area contributed by atoms with Crippen molar-refractivity contribution in [3.05, 3.63) is 80.1 Å². The molecule has 0 saturated carbocycles. The highest BCUT2D eigenvalue weighted by Crippen LogP contribution is 2.28. The summed E-state index contributed by atoms with van der Waals surface area (Å²) in [4.78, 5) is 48.4. The monoisotopic (exact) mass is 558 g/mol. The number of nitrogens with zero attached hydrogens (tertiary/aromatic N) is 4. The number of halogens is 2. The van der Waals surface area contributed by atoms with Gasteiger partial charge in [0.05, 0.1) is 23.6 Å². The molecule has 1 atom stereocenters. The van der Waals surface area contributed by atoms with Crippen molar-refractivity contribution in [2.24, 2.45) is 4.99 Å². The van der Waals surface area contributed by atoms with E-state index < -0.39 is 23.5 Å². The molecule has 0 aliphatic carbocycles. The number of methoxy groups -OCH3 is 1. The van der Waals surface area contributed by atoms with Crippen LogP contribution in [0.4, 0.5) is 0 Å². The van der Waals surface area contributed by atoms with E-state index in [-0.39, 0.29) is 52.6 Å². The second-order valence-electron chi connectivity index (χ2n) is 8.11. The van der Waals surface area contributed by atoms with Crippen LogP contribution in [0, 0.1) is 0 Å². The molecule has 0 unspecified atom stereocenters. The number of ether oxygens (including phenoxy) is 3. The Morgan fingerprint density at radius 3 is 2.66 bits per heavy atom. The van der Waals surface area contributed by atoms with E-state index in [1.807, 2.05) is 0 Å². The molecular weight excluding hydrogens is 535 g/mol. The van der Waals surface area contributed by atoms with Crippen molar-refractivity contribution >= 4 is 51.8 Å². The van der Waals surface area contributed by atoms with Gasteiger partial charge in [0.25, 0.3) is 11.5 Å². The van der Waals surface area contributed by atoms with Gasteiger partial charge in [0.15, 0.2) is 11.6 Å². The maximum atomic E-state index is 13.3. The first-order chi connectivity index (χ1) is 18.2. The Balaban J connectivity index is 1.95. The number of hydrogen-bond donors (Lipinski definition) is 0. The molecule has 4 rings (SSSR count).